The molecule has 3 nitrogen and oxygen atoms in total. The average Bonchev–Trinajstić information content (AvgIpc) is 3.01. The smallest absolute Gasteiger partial charge is 0.216 e. The summed E-state index contributed by atoms with van der Waals surface area (Å²) in [6.45, 7) is 2.08. The van der Waals surface area contributed by atoms with Crippen LogP contribution >= 0.6 is 0 Å². The van der Waals surface area contributed by atoms with E-state index in [0.717, 1.165) is 44.3 Å². The SMILES string of the molecule is Cc1cnc2c(oc3c4ccccc4ccc23)c1-c1cccc[n+]1C. The van der Waals surface area contributed by atoms with Gasteiger partial charge in [-0.3, -0.25) is 4.98 Å². The monoisotopic (exact) mass is 325 g/mol. The first-order chi connectivity index (χ1) is 12.2. The molecule has 3 aromatic heterocycles. The lowest BCUT2D eigenvalue weighted by Gasteiger charge is -2.04. The van der Waals surface area contributed by atoms with Crippen molar-refractivity contribution in [2.45, 2.75) is 6.92 Å². The van der Waals surface area contributed by atoms with Crippen LogP contribution in [-0.2, 0) is 7.05 Å². The summed E-state index contributed by atoms with van der Waals surface area (Å²) in [4.78, 5) is 4.69. The Morgan fingerprint density at radius 2 is 1.72 bits per heavy atom. The van der Waals surface area contributed by atoms with Gasteiger partial charge in [0.2, 0.25) is 5.69 Å². The van der Waals surface area contributed by atoms with Gasteiger partial charge in [-0.25, -0.2) is 4.57 Å². The van der Waals surface area contributed by atoms with Crippen LogP contribution in [0.3, 0.4) is 0 Å². The molecule has 0 saturated carbocycles. The summed E-state index contributed by atoms with van der Waals surface area (Å²) in [6.07, 6.45) is 3.99. The van der Waals surface area contributed by atoms with Crippen molar-refractivity contribution in [3.63, 3.8) is 0 Å². The molecule has 0 N–H and O–H groups in total. The van der Waals surface area contributed by atoms with Crippen molar-refractivity contribution >= 4 is 32.8 Å². The molecule has 0 aliphatic carbocycles. The van der Waals surface area contributed by atoms with Gasteiger partial charge in [-0.15, -0.1) is 0 Å². The molecule has 0 radical (unpaired) electrons. The molecule has 3 heteroatoms. The standard InChI is InChI=1S/C22H17N2O/c1-14-13-23-20-17-11-10-15-7-3-4-8-16(15)21(17)25-22(20)19(14)18-9-5-6-12-24(18)2/h3-13H,1-2H3/q+1. The van der Waals surface area contributed by atoms with Crippen molar-refractivity contribution < 1.29 is 8.98 Å². The average molecular weight is 325 g/mol. The molecule has 25 heavy (non-hydrogen) atoms. The Morgan fingerprint density at radius 1 is 0.880 bits per heavy atom. The van der Waals surface area contributed by atoms with Gasteiger partial charge in [0.1, 0.15) is 18.1 Å². The van der Waals surface area contributed by atoms with Gasteiger partial charge in [0.25, 0.3) is 0 Å². The highest BCUT2D eigenvalue weighted by Gasteiger charge is 2.21. The molecule has 0 unspecified atom stereocenters. The predicted molar refractivity (Wildman–Crippen MR) is 100 cm³/mol. The van der Waals surface area contributed by atoms with Gasteiger partial charge in [0.05, 0.1) is 5.56 Å². The summed E-state index contributed by atoms with van der Waals surface area (Å²) in [5, 5.41) is 3.37. The van der Waals surface area contributed by atoms with Crippen molar-refractivity contribution in [1.82, 2.24) is 4.98 Å². The molecule has 5 aromatic rings. The van der Waals surface area contributed by atoms with Crippen LogP contribution < -0.4 is 4.57 Å². The first kappa shape index (κ1) is 14.2. The number of nitrogens with zero attached hydrogens (tertiary/aromatic N) is 2. The molecule has 0 aliphatic rings. The molecule has 3 heterocycles. The lowest BCUT2D eigenvalue weighted by molar-refractivity contribution is -0.660. The second-order valence-corrected chi connectivity index (χ2v) is 6.46. The topological polar surface area (TPSA) is 29.9 Å². The Kier molecular flexibility index (Phi) is 2.92. The number of aromatic nitrogens is 2. The third-order valence-corrected chi connectivity index (χ3v) is 4.87. The first-order valence-corrected chi connectivity index (χ1v) is 8.38. The van der Waals surface area contributed by atoms with Gasteiger partial charge in [0, 0.05) is 29.1 Å². The number of furan rings is 1. The molecule has 0 atom stereocenters. The van der Waals surface area contributed by atoms with E-state index in [-0.39, 0.29) is 0 Å². The largest absolute Gasteiger partial charge is 0.453 e. The maximum Gasteiger partial charge on any atom is 0.216 e. The number of aryl methyl sites for hydroxylation is 2. The van der Waals surface area contributed by atoms with E-state index in [1.54, 1.807) is 0 Å². The summed E-state index contributed by atoms with van der Waals surface area (Å²) >= 11 is 0. The highest BCUT2D eigenvalue weighted by Crippen LogP contribution is 2.38. The van der Waals surface area contributed by atoms with Gasteiger partial charge < -0.3 is 4.42 Å². The van der Waals surface area contributed by atoms with E-state index in [1.807, 2.05) is 18.3 Å². The maximum atomic E-state index is 6.41. The first-order valence-electron chi connectivity index (χ1n) is 8.38. The zero-order valence-electron chi connectivity index (χ0n) is 14.2. The Bertz CT molecular complexity index is 1270. The van der Waals surface area contributed by atoms with Gasteiger partial charge in [-0.1, -0.05) is 30.3 Å². The number of pyridine rings is 2. The van der Waals surface area contributed by atoms with Crippen LogP contribution in [0.25, 0.3) is 44.1 Å². The van der Waals surface area contributed by atoms with Crippen molar-refractivity contribution in [3.8, 4) is 11.3 Å². The molecular formula is C22H17N2O+. The highest BCUT2D eigenvalue weighted by molar-refractivity contribution is 6.15. The van der Waals surface area contributed by atoms with Crippen LogP contribution in [0.2, 0.25) is 0 Å². The Labute approximate surface area is 145 Å². The summed E-state index contributed by atoms with van der Waals surface area (Å²) in [5.74, 6) is 0. The van der Waals surface area contributed by atoms with Gasteiger partial charge >= 0.3 is 0 Å². The van der Waals surface area contributed by atoms with E-state index in [9.17, 15) is 0 Å². The molecule has 5 rings (SSSR count). The Morgan fingerprint density at radius 3 is 2.60 bits per heavy atom. The molecule has 0 saturated heterocycles. The number of hydrogen-bond donors (Lipinski definition) is 0. The minimum atomic E-state index is 0.855. The van der Waals surface area contributed by atoms with Gasteiger partial charge in [0.15, 0.2) is 11.8 Å². The minimum Gasteiger partial charge on any atom is -0.453 e. The maximum absolute atomic E-state index is 6.41. The zero-order valence-corrected chi connectivity index (χ0v) is 14.2. The van der Waals surface area contributed by atoms with E-state index >= 15 is 0 Å². The molecule has 0 spiro atoms. The highest BCUT2D eigenvalue weighted by atomic mass is 16.3. The van der Waals surface area contributed by atoms with Crippen LogP contribution in [0.15, 0.2) is 71.4 Å². The summed E-state index contributed by atoms with van der Waals surface area (Å²) in [5.41, 5.74) is 6.02. The van der Waals surface area contributed by atoms with Crippen molar-refractivity contribution in [2.75, 3.05) is 0 Å². The fourth-order valence-corrected chi connectivity index (χ4v) is 3.62. The number of hydrogen-bond acceptors (Lipinski definition) is 2. The quantitative estimate of drug-likeness (QED) is 0.409. The third kappa shape index (κ3) is 1.99. The van der Waals surface area contributed by atoms with Crippen LogP contribution in [0, 0.1) is 6.92 Å². The molecule has 0 aliphatic heterocycles. The fraction of sp³-hybridized carbons (Fsp3) is 0.0909. The van der Waals surface area contributed by atoms with E-state index in [4.69, 9.17) is 4.42 Å². The summed E-state index contributed by atoms with van der Waals surface area (Å²) in [7, 11) is 2.05. The van der Waals surface area contributed by atoms with Crippen LogP contribution in [0.5, 0.6) is 0 Å². The lowest BCUT2D eigenvalue weighted by Crippen LogP contribution is -2.30. The van der Waals surface area contributed by atoms with Crippen molar-refractivity contribution in [2.24, 2.45) is 7.05 Å². The molecule has 120 valence electrons. The molecule has 0 amide bonds. The number of fused-ring (bicyclic) bond motifs is 5. The molecule has 2 aromatic carbocycles. The molecule has 0 fully saturated rings. The summed E-state index contributed by atoms with van der Waals surface area (Å²) in [6, 6.07) is 18.8. The van der Waals surface area contributed by atoms with Crippen LogP contribution in [0.4, 0.5) is 0 Å². The second kappa shape index (κ2) is 5.15. The van der Waals surface area contributed by atoms with E-state index in [0.29, 0.717) is 0 Å². The van der Waals surface area contributed by atoms with Crippen LogP contribution in [-0.4, -0.2) is 4.98 Å². The predicted octanol–water partition coefficient (Wildman–Crippen LogP) is 4.93. The summed E-state index contributed by atoms with van der Waals surface area (Å²) < 4.78 is 8.53. The molecule has 0 bridgehead atoms. The van der Waals surface area contributed by atoms with Gasteiger partial charge in [-0.05, 0) is 30.0 Å². The zero-order chi connectivity index (χ0) is 17.0. The number of benzene rings is 2. The Hall–Kier alpha value is -3.20. The molecular weight excluding hydrogens is 308 g/mol. The van der Waals surface area contributed by atoms with Crippen molar-refractivity contribution in [3.05, 3.63) is 72.6 Å². The minimum absolute atomic E-state index is 0.855. The fourth-order valence-electron chi connectivity index (χ4n) is 3.62. The van der Waals surface area contributed by atoms with E-state index in [1.165, 1.54) is 5.39 Å². The third-order valence-electron chi connectivity index (χ3n) is 4.87. The second-order valence-electron chi connectivity index (χ2n) is 6.46. The van der Waals surface area contributed by atoms with E-state index in [2.05, 4.69) is 72.2 Å². The lowest BCUT2D eigenvalue weighted by atomic mass is 10.0. The normalized spacial score (nSPS) is 11.6. The van der Waals surface area contributed by atoms with Gasteiger partial charge in [-0.2, -0.15) is 0 Å². The van der Waals surface area contributed by atoms with Crippen molar-refractivity contribution in [1.29, 1.82) is 0 Å². The Balaban J connectivity index is 1.98. The van der Waals surface area contributed by atoms with E-state index < -0.39 is 0 Å². The number of rotatable bonds is 1. The van der Waals surface area contributed by atoms with Crippen LogP contribution in [0.1, 0.15) is 5.56 Å².